The number of anilines is 1. The quantitative estimate of drug-likeness (QED) is 0.385. The molecular formula is C26H34N4O6S. The SMILES string of the molecule is COc1ccc(N(CC(=O)NN=C2CCC(C(C)(C)C)CC2)S(=O)(=O)c2ccc(C)c([N+](=O)[O-])c2)cc1. The summed E-state index contributed by atoms with van der Waals surface area (Å²) >= 11 is 0. The van der Waals surface area contributed by atoms with Gasteiger partial charge in [-0.05, 0) is 74.3 Å². The molecule has 0 aliphatic heterocycles. The van der Waals surface area contributed by atoms with Gasteiger partial charge in [-0.1, -0.05) is 26.8 Å². The molecule has 0 unspecified atom stereocenters. The van der Waals surface area contributed by atoms with Crippen LogP contribution in [0.15, 0.2) is 52.5 Å². The van der Waals surface area contributed by atoms with Gasteiger partial charge < -0.3 is 4.74 Å². The fourth-order valence-corrected chi connectivity index (χ4v) is 5.81. The molecule has 3 rings (SSSR count). The van der Waals surface area contributed by atoms with Crippen molar-refractivity contribution in [3.8, 4) is 5.75 Å². The number of rotatable bonds is 8. The molecule has 10 nitrogen and oxygen atoms in total. The molecule has 0 aromatic heterocycles. The number of carbonyl (C=O) groups is 1. The number of nitro benzene ring substituents is 1. The molecule has 0 bridgehead atoms. The molecule has 1 saturated carbocycles. The van der Waals surface area contributed by atoms with Gasteiger partial charge in [-0.3, -0.25) is 19.2 Å². The Bertz CT molecular complexity index is 1270. The molecule has 0 spiro atoms. The molecule has 1 fully saturated rings. The van der Waals surface area contributed by atoms with Crippen LogP contribution in [0.4, 0.5) is 11.4 Å². The number of nitrogens with zero attached hydrogens (tertiary/aromatic N) is 3. The van der Waals surface area contributed by atoms with Crippen molar-refractivity contribution in [2.75, 3.05) is 18.0 Å². The van der Waals surface area contributed by atoms with Crippen molar-refractivity contribution in [1.29, 1.82) is 0 Å². The Kier molecular flexibility index (Phi) is 8.57. The van der Waals surface area contributed by atoms with Crippen molar-refractivity contribution < 1.29 is 22.9 Å². The number of hydrazone groups is 1. The molecule has 0 saturated heterocycles. The first kappa shape index (κ1) is 28.1. The lowest BCUT2D eigenvalue weighted by Crippen LogP contribution is -2.40. The molecule has 1 aliphatic rings. The Labute approximate surface area is 217 Å². The smallest absolute Gasteiger partial charge is 0.273 e. The normalized spacial score (nSPS) is 16.1. The van der Waals surface area contributed by atoms with Gasteiger partial charge in [-0.25, -0.2) is 13.8 Å². The Balaban J connectivity index is 1.85. The predicted molar refractivity (Wildman–Crippen MR) is 142 cm³/mol. The summed E-state index contributed by atoms with van der Waals surface area (Å²) in [5.41, 5.74) is 3.81. The Morgan fingerprint density at radius 2 is 1.78 bits per heavy atom. The second-order valence-corrected chi connectivity index (χ2v) is 12.1. The molecule has 37 heavy (non-hydrogen) atoms. The summed E-state index contributed by atoms with van der Waals surface area (Å²) < 4.78 is 33.3. The molecule has 2 aromatic carbocycles. The Hall–Kier alpha value is -3.47. The molecule has 2 aromatic rings. The highest BCUT2D eigenvalue weighted by Crippen LogP contribution is 2.36. The molecule has 1 N–H and O–H groups in total. The van der Waals surface area contributed by atoms with Crippen LogP contribution in [0.5, 0.6) is 5.75 Å². The number of aryl methyl sites for hydroxylation is 1. The summed E-state index contributed by atoms with van der Waals surface area (Å²) in [5, 5.41) is 15.7. The number of amides is 1. The Morgan fingerprint density at radius 1 is 1.16 bits per heavy atom. The number of methoxy groups -OCH3 is 1. The zero-order valence-electron chi connectivity index (χ0n) is 21.9. The fraction of sp³-hybridized carbons (Fsp3) is 0.462. The number of benzene rings is 2. The van der Waals surface area contributed by atoms with Crippen molar-refractivity contribution in [1.82, 2.24) is 5.43 Å². The summed E-state index contributed by atoms with van der Waals surface area (Å²) in [6, 6.07) is 9.82. The zero-order valence-corrected chi connectivity index (χ0v) is 22.7. The lowest BCUT2D eigenvalue weighted by Gasteiger charge is -2.34. The number of ether oxygens (including phenoxy) is 1. The molecule has 11 heteroatoms. The number of nitrogens with one attached hydrogen (secondary N) is 1. The third-order valence-corrected chi connectivity index (χ3v) is 8.51. The number of hydrogen-bond acceptors (Lipinski definition) is 7. The maximum Gasteiger partial charge on any atom is 0.273 e. The van der Waals surface area contributed by atoms with Gasteiger partial charge in [0.05, 0.1) is 22.6 Å². The maximum absolute atomic E-state index is 13.6. The van der Waals surface area contributed by atoms with Crippen LogP contribution in [-0.2, 0) is 14.8 Å². The van der Waals surface area contributed by atoms with E-state index in [1.54, 1.807) is 12.1 Å². The van der Waals surface area contributed by atoms with Crippen LogP contribution in [0.1, 0.15) is 52.0 Å². The highest BCUT2D eigenvalue weighted by Gasteiger charge is 2.30. The average Bonchev–Trinajstić information content (AvgIpc) is 2.85. The second-order valence-electron chi connectivity index (χ2n) is 10.3. The van der Waals surface area contributed by atoms with Crippen LogP contribution < -0.4 is 14.5 Å². The minimum atomic E-state index is -4.33. The van der Waals surface area contributed by atoms with Crippen LogP contribution in [0.3, 0.4) is 0 Å². The van der Waals surface area contributed by atoms with Gasteiger partial charge in [-0.15, -0.1) is 0 Å². The average molecular weight is 531 g/mol. The van der Waals surface area contributed by atoms with Crippen molar-refractivity contribution in [3.05, 3.63) is 58.1 Å². The minimum absolute atomic E-state index is 0.206. The van der Waals surface area contributed by atoms with Crippen molar-refractivity contribution >= 4 is 33.0 Å². The van der Waals surface area contributed by atoms with E-state index in [9.17, 15) is 23.3 Å². The van der Waals surface area contributed by atoms with Crippen molar-refractivity contribution in [2.45, 2.75) is 58.3 Å². The fourth-order valence-electron chi connectivity index (χ4n) is 4.37. The third kappa shape index (κ3) is 6.85. The lowest BCUT2D eigenvalue weighted by molar-refractivity contribution is -0.385. The topological polar surface area (TPSA) is 131 Å². The van der Waals surface area contributed by atoms with Crippen molar-refractivity contribution in [2.24, 2.45) is 16.4 Å². The van der Waals surface area contributed by atoms with E-state index in [4.69, 9.17) is 4.74 Å². The molecule has 0 atom stereocenters. The minimum Gasteiger partial charge on any atom is -0.497 e. The lowest BCUT2D eigenvalue weighted by atomic mass is 9.72. The monoisotopic (exact) mass is 530 g/mol. The maximum atomic E-state index is 13.6. The van der Waals surface area contributed by atoms with Gasteiger partial charge in [0.15, 0.2) is 0 Å². The van der Waals surface area contributed by atoms with Crippen LogP contribution in [0.2, 0.25) is 0 Å². The van der Waals surface area contributed by atoms with Crippen LogP contribution in [-0.4, -0.2) is 38.6 Å². The molecule has 200 valence electrons. The van der Waals surface area contributed by atoms with Gasteiger partial charge in [0, 0.05) is 17.3 Å². The number of nitro groups is 1. The van der Waals surface area contributed by atoms with E-state index in [-0.39, 0.29) is 21.7 Å². The summed E-state index contributed by atoms with van der Waals surface area (Å²) in [4.78, 5) is 23.3. The van der Waals surface area contributed by atoms with Crippen LogP contribution in [0.25, 0.3) is 0 Å². The highest BCUT2D eigenvalue weighted by molar-refractivity contribution is 7.92. The van der Waals surface area contributed by atoms with Gasteiger partial charge >= 0.3 is 0 Å². The summed E-state index contributed by atoms with van der Waals surface area (Å²) in [6.45, 7) is 7.63. The Morgan fingerprint density at radius 3 is 2.32 bits per heavy atom. The summed E-state index contributed by atoms with van der Waals surface area (Å²) in [6.07, 6.45) is 3.51. The zero-order chi connectivity index (χ0) is 27.4. The van der Waals surface area contributed by atoms with E-state index >= 15 is 0 Å². The number of hydrogen-bond donors (Lipinski definition) is 1. The molecule has 1 amide bonds. The van der Waals surface area contributed by atoms with E-state index in [2.05, 4.69) is 31.3 Å². The second kappa shape index (κ2) is 11.3. The van der Waals surface area contributed by atoms with Crippen molar-refractivity contribution in [3.63, 3.8) is 0 Å². The van der Waals surface area contributed by atoms with E-state index in [1.165, 1.54) is 38.3 Å². The molecule has 0 radical (unpaired) electrons. The molecule has 0 heterocycles. The van der Waals surface area contributed by atoms with E-state index in [1.807, 2.05) is 0 Å². The van der Waals surface area contributed by atoms with Crippen LogP contribution in [0, 0.1) is 28.4 Å². The summed E-state index contributed by atoms with van der Waals surface area (Å²) in [7, 11) is -2.85. The van der Waals surface area contributed by atoms with Gasteiger partial charge in [0.25, 0.3) is 21.6 Å². The highest BCUT2D eigenvalue weighted by atomic mass is 32.2. The largest absolute Gasteiger partial charge is 0.497 e. The third-order valence-electron chi connectivity index (χ3n) is 6.74. The van der Waals surface area contributed by atoms with Gasteiger partial charge in [0.2, 0.25) is 0 Å². The van der Waals surface area contributed by atoms with Crippen LogP contribution >= 0.6 is 0 Å². The van der Waals surface area contributed by atoms with E-state index in [0.717, 1.165) is 41.8 Å². The number of sulfonamides is 1. The molecular weight excluding hydrogens is 496 g/mol. The molecule has 1 aliphatic carbocycles. The first-order chi connectivity index (χ1) is 17.3. The first-order valence-electron chi connectivity index (χ1n) is 12.1. The van der Waals surface area contributed by atoms with Gasteiger partial charge in [-0.2, -0.15) is 5.10 Å². The first-order valence-corrected chi connectivity index (χ1v) is 13.5. The van der Waals surface area contributed by atoms with E-state index < -0.39 is 27.4 Å². The predicted octanol–water partition coefficient (Wildman–Crippen LogP) is 4.82. The van der Waals surface area contributed by atoms with Gasteiger partial charge in [0.1, 0.15) is 12.3 Å². The summed E-state index contributed by atoms with van der Waals surface area (Å²) in [5.74, 6) is 0.469. The number of carbonyl (C=O) groups excluding carboxylic acids is 1. The van der Waals surface area contributed by atoms with E-state index in [0.29, 0.717) is 17.2 Å². The standard InChI is InChI=1S/C26H34N4O6S/c1-18-6-15-23(16-24(18)30(32)33)37(34,35)29(21-11-13-22(36-5)14-12-21)17-25(31)28-27-20-9-7-19(8-10-20)26(2,3)4/h6,11-16,19H,7-10,17H2,1-5H3,(H,28,31).